The van der Waals surface area contributed by atoms with Crippen LogP contribution < -0.4 is 0 Å². The standard InChI is InChI=1S/C19H40/c1-7-11-12-13-18(10-4)16-19(6,14-8-2)15-17(5)9-3/h17-18H,7-16H2,1-6H3. The highest BCUT2D eigenvalue weighted by Gasteiger charge is 2.28. The van der Waals surface area contributed by atoms with E-state index in [1.165, 1.54) is 64.2 Å². The highest BCUT2D eigenvalue weighted by molar-refractivity contribution is 4.79. The highest BCUT2D eigenvalue weighted by Crippen LogP contribution is 2.40. The molecule has 0 saturated carbocycles. The summed E-state index contributed by atoms with van der Waals surface area (Å²) >= 11 is 0. The molecule has 0 aliphatic rings. The molecular weight excluding hydrogens is 228 g/mol. The van der Waals surface area contributed by atoms with E-state index in [-0.39, 0.29) is 0 Å². The van der Waals surface area contributed by atoms with E-state index in [0.29, 0.717) is 5.41 Å². The fourth-order valence-corrected chi connectivity index (χ4v) is 3.71. The van der Waals surface area contributed by atoms with Crippen LogP contribution in [-0.2, 0) is 0 Å². The summed E-state index contributed by atoms with van der Waals surface area (Å²) in [6.07, 6.45) is 14.1. The minimum absolute atomic E-state index is 0.594. The lowest BCUT2D eigenvalue weighted by molar-refractivity contribution is 0.162. The van der Waals surface area contributed by atoms with E-state index >= 15 is 0 Å². The highest BCUT2D eigenvalue weighted by atomic mass is 14.3. The van der Waals surface area contributed by atoms with E-state index in [1.54, 1.807) is 0 Å². The average Bonchev–Trinajstić information content (AvgIpc) is 2.37. The predicted molar refractivity (Wildman–Crippen MR) is 89.6 cm³/mol. The summed E-state index contributed by atoms with van der Waals surface area (Å²) in [6, 6.07) is 0. The van der Waals surface area contributed by atoms with E-state index in [1.807, 2.05) is 0 Å². The van der Waals surface area contributed by atoms with Gasteiger partial charge in [0.1, 0.15) is 0 Å². The molecule has 0 spiro atoms. The zero-order valence-electron chi connectivity index (χ0n) is 14.7. The largest absolute Gasteiger partial charge is 0.0654 e. The first kappa shape index (κ1) is 19.0. The van der Waals surface area contributed by atoms with Crippen LogP contribution in [0.3, 0.4) is 0 Å². The van der Waals surface area contributed by atoms with Gasteiger partial charge >= 0.3 is 0 Å². The minimum atomic E-state index is 0.594. The van der Waals surface area contributed by atoms with Gasteiger partial charge in [-0.25, -0.2) is 0 Å². The molecule has 0 heteroatoms. The summed E-state index contributed by atoms with van der Waals surface area (Å²) in [6.45, 7) is 14.4. The smallest absolute Gasteiger partial charge is 0.0321 e. The molecule has 0 heterocycles. The Morgan fingerprint density at radius 2 is 1.53 bits per heavy atom. The second-order valence-electron chi connectivity index (χ2n) is 7.25. The van der Waals surface area contributed by atoms with Gasteiger partial charge in [-0.3, -0.25) is 0 Å². The topological polar surface area (TPSA) is 0 Å². The molecular formula is C19H40. The van der Waals surface area contributed by atoms with Crippen molar-refractivity contribution in [1.82, 2.24) is 0 Å². The molecule has 0 radical (unpaired) electrons. The van der Waals surface area contributed by atoms with Crippen molar-refractivity contribution in [3.63, 3.8) is 0 Å². The monoisotopic (exact) mass is 268 g/mol. The van der Waals surface area contributed by atoms with E-state index in [0.717, 1.165) is 11.8 Å². The van der Waals surface area contributed by atoms with Crippen molar-refractivity contribution >= 4 is 0 Å². The van der Waals surface area contributed by atoms with Crippen molar-refractivity contribution in [2.24, 2.45) is 17.3 Å². The first-order chi connectivity index (χ1) is 9.01. The molecule has 116 valence electrons. The lowest BCUT2D eigenvalue weighted by Crippen LogP contribution is -2.23. The van der Waals surface area contributed by atoms with Crippen LogP contribution in [0.4, 0.5) is 0 Å². The lowest BCUT2D eigenvalue weighted by atomic mass is 9.70. The molecule has 0 saturated heterocycles. The Morgan fingerprint density at radius 1 is 0.842 bits per heavy atom. The number of hydrogen-bond acceptors (Lipinski definition) is 0. The van der Waals surface area contributed by atoms with Gasteiger partial charge in [-0.15, -0.1) is 0 Å². The van der Waals surface area contributed by atoms with Crippen LogP contribution in [0, 0.1) is 17.3 Å². The predicted octanol–water partition coefficient (Wildman–Crippen LogP) is 7.23. The Kier molecular flexibility index (Phi) is 10.7. The normalized spacial score (nSPS) is 18.0. The number of rotatable bonds is 12. The molecule has 0 fully saturated rings. The Morgan fingerprint density at radius 3 is 2.00 bits per heavy atom. The second kappa shape index (κ2) is 10.7. The summed E-state index contributed by atoms with van der Waals surface area (Å²) in [7, 11) is 0. The molecule has 0 nitrogen and oxygen atoms in total. The molecule has 0 aromatic rings. The molecule has 0 amide bonds. The Labute approximate surface area is 123 Å². The van der Waals surface area contributed by atoms with Crippen molar-refractivity contribution in [1.29, 1.82) is 0 Å². The van der Waals surface area contributed by atoms with Crippen molar-refractivity contribution in [2.75, 3.05) is 0 Å². The molecule has 0 N–H and O–H groups in total. The summed E-state index contributed by atoms with van der Waals surface area (Å²) in [4.78, 5) is 0. The van der Waals surface area contributed by atoms with Crippen molar-refractivity contribution in [3.05, 3.63) is 0 Å². The summed E-state index contributed by atoms with van der Waals surface area (Å²) in [5.74, 6) is 1.86. The quantitative estimate of drug-likeness (QED) is 0.328. The van der Waals surface area contributed by atoms with Crippen LogP contribution in [0.25, 0.3) is 0 Å². The first-order valence-electron chi connectivity index (χ1n) is 9.01. The molecule has 0 aromatic heterocycles. The Bertz CT molecular complexity index is 196. The fraction of sp³-hybridized carbons (Fsp3) is 1.00. The Hall–Kier alpha value is 0. The van der Waals surface area contributed by atoms with Crippen molar-refractivity contribution < 1.29 is 0 Å². The van der Waals surface area contributed by atoms with E-state index < -0.39 is 0 Å². The van der Waals surface area contributed by atoms with Crippen LogP contribution in [0.1, 0.15) is 106 Å². The summed E-state index contributed by atoms with van der Waals surface area (Å²) < 4.78 is 0. The third-order valence-electron chi connectivity index (χ3n) is 4.97. The maximum Gasteiger partial charge on any atom is -0.0321 e. The van der Waals surface area contributed by atoms with E-state index in [9.17, 15) is 0 Å². The van der Waals surface area contributed by atoms with Gasteiger partial charge in [0.25, 0.3) is 0 Å². The van der Waals surface area contributed by atoms with Gasteiger partial charge in [-0.2, -0.15) is 0 Å². The summed E-state index contributed by atoms with van der Waals surface area (Å²) in [5, 5.41) is 0. The van der Waals surface area contributed by atoms with Crippen molar-refractivity contribution in [2.45, 2.75) is 106 Å². The van der Waals surface area contributed by atoms with Crippen LogP contribution in [0.15, 0.2) is 0 Å². The van der Waals surface area contributed by atoms with Gasteiger partial charge in [0.15, 0.2) is 0 Å². The second-order valence-corrected chi connectivity index (χ2v) is 7.25. The van der Waals surface area contributed by atoms with Crippen LogP contribution in [0.5, 0.6) is 0 Å². The maximum absolute atomic E-state index is 2.56. The average molecular weight is 269 g/mol. The molecule has 3 unspecified atom stereocenters. The van der Waals surface area contributed by atoms with Gasteiger partial charge in [-0.05, 0) is 36.5 Å². The number of unbranched alkanes of at least 4 members (excludes halogenated alkanes) is 2. The maximum atomic E-state index is 2.56. The molecule has 0 aliphatic carbocycles. The SMILES string of the molecule is CCCCCC(CC)CC(C)(CCC)CC(C)CC. The van der Waals surface area contributed by atoms with E-state index in [2.05, 4.69) is 41.5 Å². The van der Waals surface area contributed by atoms with Crippen molar-refractivity contribution in [3.8, 4) is 0 Å². The number of hydrogen-bond donors (Lipinski definition) is 0. The Balaban J connectivity index is 4.41. The van der Waals surface area contributed by atoms with E-state index in [4.69, 9.17) is 0 Å². The van der Waals surface area contributed by atoms with Gasteiger partial charge in [0.2, 0.25) is 0 Å². The van der Waals surface area contributed by atoms with Crippen LogP contribution in [0.2, 0.25) is 0 Å². The third kappa shape index (κ3) is 8.71. The summed E-state index contributed by atoms with van der Waals surface area (Å²) in [5.41, 5.74) is 0.594. The fourth-order valence-electron chi connectivity index (χ4n) is 3.71. The van der Waals surface area contributed by atoms with Gasteiger partial charge in [0.05, 0.1) is 0 Å². The molecule has 0 rings (SSSR count). The van der Waals surface area contributed by atoms with Gasteiger partial charge in [-0.1, -0.05) is 86.5 Å². The molecule has 19 heavy (non-hydrogen) atoms. The molecule has 3 atom stereocenters. The first-order valence-corrected chi connectivity index (χ1v) is 9.01. The zero-order chi connectivity index (χ0) is 14.7. The molecule has 0 aromatic carbocycles. The van der Waals surface area contributed by atoms with Gasteiger partial charge in [0, 0.05) is 0 Å². The zero-order valence-corrected chi connectivity index (χ0v) is 14.7. The molecule has 0 bridgehead atoms. The van der Waals surface area contributed by atoms with Crippen LogP contribution in [-0.4, -0.2) is 0 Å². The molecule has 0 aliphatic heterocycles. The van der Waals surface area contributed by atoms with Gasteiger partial charge < -0.3 is 0 Å². The lowest BCUT2D eigenvalue weighted by Gasteiger charge is -2.35. The minimum Gasteiger partial charge on any atom is -0.0654 e. The van der Waals surface area contributed by atoms with Crippen LogP contribution >= 0.6 is 0 Å². The third-order valence-corrected chi connectivity index (χ3v) is 4.97.